The van der Waals surface area contributed by atoms with Gasteiger partial charge in [-0.2, -0.15) is 0 Å². The van der Waals surface area contributed by atoms with E-state index in [9.17, 15) is 14.4 Å². The van der Waals surface area contributed by atoms with E-state index in [1.165, 1.54) is 13.0 Å². The third-order valence-electron chi connectivity index (χ3n) is 3.94. The average molecular weight is 346 g/mol. The molecule has 0 bridgehead atoms. The van der Waals surface area contributed by atoms with Gasteiger partial charge < -0.3 is 19.3 Å². The molecule has 1 saturated heterocycles. The van der Waals surface area contributed by atoms with Crippen LogP contribution in [0.5, 0.6) is 5.75 Å². The van der Waals surface area contributed by atoms with Crippen LogP contribution >= 0.6 is 0 Å². The first-order valence-electron chi connectivity index (χ1n) is 8.02. The Morgan fingerprint density at radius 3 is 2.20 bits per heavy atom. The van der Waals surface area contributed by atoms with Crippen LogP contribution in [0, 0.1) is 0 Å². The first-order valence-corrected chi connectivity index (χ1v) is 8.02. The highest BCUT2D eigenvalue weighted by Gasteiger charge is 2.22. The molecule has 2 amide bonds. The monoisotopic (exact) mass is 346 g/mol. The zero-order chi connectivity index (χ0) is 18.2. The molecule has 0 atom stereocenters. The van der Waals surface area contributed by atoms with Crippen LogP contribution in [0.15, 0.2) is 30.3 Å². The van der Waals surface area contributed by atoms with Crippen molar-refractivity contribution >= 4 is 23.9 Å². The van der Waals surface area contributed by atoms with Gasteiger partial charge in [0.1, 0.15) is 5.75 Å². The van der Waals surface area contributed by atoms with E-state index in [2.05, 4.69) is 0 Å². The maximum atomic E-state index is 12.0. The van der Waals surface area contributed by atoms with Crippen molar-refractivity contribution in [3.05, 3.63) is 35.9 Å². The van der Waals surface area contributed by atoms with Gasteiger partial charge in [-0.1, -0.05) is 12.1 Å². The molecule has 0 N–H and O–H groups in total. The van der Waals surface area contributed by atoms with E-state index in [4.69, 9.17) is 9.47 Å². The van der Waals surface area contributed by atoms with E-state index in [1.807, 2.05) is 12.1 Å². The molecule has 134 valence electrons. The van der Waals surface area contributed by atoms with E-state index in [0.29, 0.717) is 26.2 Å². The van der Waals surface area contributed by atoms with Crippen molar-refractivity contribution in [1.29, 1.82) is 0 Å². The van der Waals surface area contributed by atoms with Crippen molar-refractivity contribution in [2.24, 2.45) is 0 Å². The molecule has 25 heavy (non-hydrogen) atoms. The summed E-state index contributed by atoms with van der Waals surface area (Å²) in [6.07, 6.45) is 2.89. The molecule has 1 aliphatic heterocycles. The molecule has 0 unspecified atom stereocenters. The predicted octanol–water partition coefficient (Wildman–Crippen LogP) is 0.942. The zero-order valence-corrected chi connectivity index (χ0v) is 14.4. The first kappa shape index (κ1) is 18.5. The highest BCUT2D eigenvalue weighted by molar-refractivity contribution is 5.89. The van der Waals surface area contributed by atoms with Gasteiger partial charge in [0, 0.05) is 39.2 Å². The number of benzene rings is 1. The predicted molar refractivity (Wildman–Crippen MR) is 91.8 cm³/mol. The van der Waals surface area contributed by atoms with Crippen molar-refractivity contribution in [2.45, 2.75) is 6.92 Å². The van der Waals surface area contributed by atoms with Gasteiger partial charge in [0.25, 0.3) is 5.91 Å². The minimum absolute atomic E-state index is 0.00203. The van der Waals surface area contributed by atoms with Crippen LogP contribution in [0.1, 0.15) is 12.5 Å². The number of esters is 1. The van der Waals surface area contributed by atoms with E-state index in [1.54, 1.807) is 35.1 Å². The number of rotatable bonds is 5. The summed E-state index contributed by atoms with van der Waals surface area (Å²) in [7, 11) is 1.58. The Morgan fingerprint density at radius 2 is 1.64 bits per heavy atom. The van der Waals surface area contributed by atoms with E-state index < -0.39 is 5.97 Å². The fourth-order valence-corrected chi connectivity index (χ4v) is 2.42. The molecule has 0 saturated carbocycles. The first-order chi connectivity index (χ1) is 12.0. The normalized spacial score (nSPS) is 14.5. The van der Waals surface area contributed by atoms with Crippen molar-refractivity contribution in [1.82, 2.24) is 9.80 Å². The van der Waals surface area contributed by atoms with Gasteiger partial charge in [-0.3, -0.25) is 9.59 Å². The number of nitrogens with zero attached hydrogens (tertiary/aromatic N) is 2. The molecule has 1 aromatic rings. The van der Waals surface area contributed by atoms with Crippen LogP contribution in [0.3, 0.4) is 0 Å². The summed E-state index contributed by atoms with van der Waals surface area (Å²) in [6.45, 7) is 3.13. The summed E-state index contributed by atoms with van der Waals surface area (Å²) in [5.41, 5.74) is 0.824. The van der Waals surface area contributed by atoms with Crippen molar-refractivity contribution in [3.8, 4) is 5.75 Å². The van der Waals surface area contributed by atoms with Crippen LogP contribution in [0.2, 0.25) is 0 Å². The van der Waals surface area contributed by atoms with Gasteiger partial charge in [0.05, 0.1) is 7.11 Å². The van der Waals surface area contributed by atoms with Gasteiger partial charge in [-0.05, 0) is 23.8 Å². The maximum Gasteiger partial charge on any atom is 0.331 e. The molecule has 1 fully saturated rings. The van der Waals surface area contributed by atoms with E-state index in [0.717, 1.165) is 11.3 Å². The molecular weight excluding hydrogens is 324 g/mol. The van der Waals surface area contributed by atoms with Gasteiger partial charge in [-0.15, -0.1) is 0 Å². The summed E-state index contributed by atoms with van der Waals surface area (Å²) in [5, 5.41) is 0. The summed E-state index contributed by atoms with van der Waals surface area (Å²) in [5.74, 6) is -0.0988. The third-order valence-corrected chi connectivity index (χ3v) is 3.94. The summed E-state index contributed by atoms with van der Waals surface area (Å²) >= 11 is 0. The molecular formula is C18H22N2O5. The molecule has 2 rings (SSSR count). The van der Waals surface area contributed by atoms with Crippen molar-refractivity contribution in [2.75, 3.05) is 39.9 Å². The minimum atomic E-state index is -0.577. The smallest absolute Gasteiger partial charge is 0.331 e. The van der Waals surface area contributed by atoms with Crippen LogP contribution in [-0.2, 0) is 19.1 Å². The third kappa shape index (κ3) is 5.63. The number of carbonyl (C=O) groups is 3. The molecule has 0 radical (unpaired) electrons. The fourth-order valence-electron chi connectivity index (χ4n) is 2.42. The van der Waals surface area contributed by atoms with Crippen molar-refractivity contribution < 1.29 is 23.9 Å². The van der Waals surface area contributed by atoms with E-state index >= 15 is 0 Å². The van der Waals surface area contributed by atoms with Crippen molar-refractivity contribution in [3.63, 3.8) is 0 Å². The average Bonchev–Trinajstić information content (AvgIpc) is 2.64. The quantitative estimate of drug-likeness (QED) is 0.586. The summed E-state index contributed by atoms with van der Waals surface area (Å²) in [4.78, 5) is 38.3. The number of amides is 2. The molecule has 1 aromatic carbocycles. The Kier molecular flexibility index (Phi) is 6.56. The highest BCUT2D eigenvalue weighted by Crippen LogP contribution is 2.12. The molecule has 0 spiro atoms. The Hall–Kier alpha value is -2.83. The minimum Gasteiger partial charge on any atom is -0.497 e. The summed E-state index contributed by atoms with van der Waals surface area (Å²) < 4.78 is 10.0. The van der Waals surface area contributed by atoms with E-state index in [-0.39, 0.29) is 18.4 Å². The summed E-state index contributed by atoms with van der Waals surface area (Å²) in [6, 6.07) is 7.19. The van der Waals surface area contributed by atoms with Gasteiger partial charge >= 0.3 is 5.97 Å². The standard InChI is InChI=1S/C18H22N2O5/c1-14(21)19-9-11-20(12-10-19)17(22)13-25-18(23)8-5-15-3-6-16(24-2)7-4-15/h3-8H,9-13H2,1-2H3/b8-5+. The zero-order valence-electron chi connectivity index (χ0n) is 14.4. The fraction of sp³-hybridized carbons (Fsp3) is 0.389. The topological polar surface area (TPSA) is 76.2 Å². The number of piperazine rings is 1. The number of methoxy groups -OCH3 is 1. The van der Waals surface area contributed by atoms with Crippen LogP contribution in [-0.4, -0.2) is 67.5 Å². The Bertz CT molecular complexity index is 646. The highest BCUT2D eigenvalue weighted by atomic mass is 16.5. The number of hydrogen-bond donors (Lipinski definition) is 0. The molecule has 0 aliphatic carbocycles. The lowest BCUT2D eigenvalue weighted by molar-refractivity contribution is -0.149. The lowest BCUT2D eigenvalue weighted by atomic mass is 10.2. The Balaban J connectivity index is 1.74. The second kappa shape index (κ2) is 8.86. The molecule has 1 heterocycles. The van der Waals surface area contributed by atoms with Gasteiger partial charge in [0.2, 0.25) is 5.91 Å². The van der Waals surface area contributed by atoms with Gasteiger partial charge in [0.15, 0.2) is 6.61 Å². The lowest BCUT2D eigenvalue weighted by Gasteiger charge is -2.34. The SMILES string of the molecule is COc1ccc(/C=C/C(=O)OCC(=O)N2CCN(C(C)=O)CC2)cc1. The van der Waals surface area contributed by atoms with Crippen LogP contribution in [0.4, 0.5) is 0 Å². The second-order valence-corrected chi connectivity index (χ2v) is 5.60. The maximum absolute atomic E-state index is 12.0. The number of hydrogen-bond acceptors (Lipinski definition) is 5. The molecule has 7 heteroatoms. The van der Waals surface area contributed by atoms with Gasteiger partial charge in [-0.25, -0.2) is 4.79 Å². The van der Waals surface area contributed by atoms with Crippen LogP contribution < -0.4 is 4.74 Å². The Morgan fingerprint density at radius 1 is 1.04 bits per heavy atom. The number of ether oxygens (including phenoxy) is 2. The molecule has 0 aromatic heterocycles. The molecule has 1 aliphatic rings. The van der Waals surface area contributed by atoms with Crippen LogP contribution in [0.25, 0.3) is 6.08 Å². The largest absolute Gasteiger partial charge is 0.497 e. The number of carbonyl (C=O) groups excluding carboxylic acids is 3. The molecule has 7 nitrogen and oxygen atoms in total. The second-order valence-electron chi connectivity index (χ2n) is 5.60. The Labute approximate surface area is 146 Å². The lowest BCUT2D eigenvalue weighted by Crippen LogP contribution is -2.51.